The highest BCUT2D eigenvalue weighted by Crippen LogP contribution is 2.76. The molecule has 3 heterocycles. The van der Waals surface area contributed by atoms with E-state index in [-0.39, 0.29) is 52.6 Å². The number of hydrogen-bond acceptors (Lipinski definition) is 19. The van der Waals surface area contributed by atoms with Crippen LogP contribution in [0.15, 0.2) is 11.6 Å². The summed E-state index contributed by atoms with van der Waals surface area (Å²) < 4.78 is 40.6. The quantitative estimate of drug-likeness (QED) is 0.0801. The van der Waals surface area contributed by atoms with Gasteiger partial charge in [0.2, 0.25) is 6.29 Å². The molecule has 0 spiro atoms. The largest absolute Gasteiger partial charge is 0.457 e. The molecule has 8 rings (SSSR count). The lowest BCUT2D eigenvalue weighted by molar-refractivity contribution is -0.328. The summed E-state index contributed by atoms with van der Waals surface area (Å²) in [6, 6.07) is 0. The van der Waals surface area contributed by atoms with Crippen LogP contribution in [-0.4, -0.2) is 182 Å². The molecular weight excluding hydrogens is 893 g/mol. The Morgan fingerprint density at radius 1 is 0.691 bits per heavy atom. The van der Waals surface area contributed by atoms with E-state index in [0.29, 0.717) is 32.1 Å². The van der Waals surface area contributed by atoms with E-state index in [1.54, 1.807) is 0 Å². The number of carbonyl (C=O) groups excluding carboxylic acids is 2. The van der Waals surface area contributed by atoms with E-state index in [2.05, 4.69) is 40.7 Å². The molecule has 23 unspecified atom stereocenters. The number of hydrogen-bond donors (Lipinski definition) is 10. The minimum atomic E-state index is -1.82. The molecule has 0 amide bonds. The molecule has 0 aromatic heterocycles. The second kappa shape index (κ2) is 18.8. The van der Waals surface area contributed by atoms with Crippen molar-refractivity contribution in [1.82, 2.24) is 0 Å². The molecule has 388 valence electrons. The van der Waals surface area contributed by atoms with Crippen molar-refractivity contribution in [3.63, 3.8) is 0 Å². The first-order chi connectivity index (χ1) is 31.8. The molecule has 4 saturated carbocycles. The van der Waals surface area contributed by atoms with Crippen molar-refractivity contribution in [3.05, 3.63) is 11.6 Å². The normalized spacial score (nSPS) is 52.3. The van der Waals surface area contributed by atoms with Crippen LogP contribution < -0.4 is 0 Å². The van der Waals surface area contributed by atoms with E-state index in [1.165, 1.54) is 12.5 Å². The van der Waals surface area contributed by atoms with Crippen molar-refractivity contribution in [2.24, 2.45) is 50.2 Å². The van der Waals surface area contributed by atoms with Crippen molar-refractivity contribution in [1.29, 1.82) is 0 Å². The van der Waals surface area contributed by atoms with Gasteiger partial charge in [0.1, 0.15) is 61.0 Å². The van der Waals surface area contributed by atoms with Gasteiger partial charge in [0, 0.05) is 12.3 Å². The van der Waals surface area contributed by atoms with Crippen molar-refractivity contribution in [2.75, 3.05) is 26.4 Å². The summed E-state index contributed by atoms with van der Waals surface area (Å²) in [7, 11) is 0. The lowest BCUT2D eigenvalue weighted by Gasteiger charge is -2.71. The Morgan fingerprint density at radius 2 is 1.32 bits per heavy atom. The smallest absolute Gasteiger partial charge is 0.315 e. The maximum absolute atomic E-state index is 15.0. The summed E-state index contributed by atoms with van der Waals surface area (Å²) in [4.78, 5) is 26.6. The minimum absolute atomic E-state index is 0.0309. The second-order valence-corrected chi connectivity index (χ2v) is 23.5. The van der Waals surface area contributed by atoms with Crippen LogP contribution in [0.2, 0.25) is 0 Å². The lowest BCUT2D eigenvalue weighted by atomic mass is 9.33. The van der Waals surface area contributed by atoms with Gasteiger partial charge < -0.3 is 84.2 Å². The van der Waals surface area contributed by atoms with Crippen molar-refractivity contribution in [2.45, 2.75) is 205 Å². The molecule has 5 aliphatic carbocycles. The number of esters is 2. The van der Waals surface area contributed by atoms with E-state index in [0.717, 1.165) is 32.1 Å². The number of allylic oxidation sites excluding steroid dienone is 2. The van der Waals surface area contributed by atoms with Crippen LogP contribution in [-0.2, 0) is 42.7 Å². The summed E-state index contributed by atoms with van der Waals surface area (Å²) >= 11 is 0. The predicted molar refractivity (Wildman–Crippen MR) is 235 cm³/mol. The fourth-order valence-electron chi connectivity index (χ4n) is 15.0. The first-order valence-corrected chi connectivity index (χ1v) is 24.8. The van der Waals surface area contributed by atoms with Gasteiger partial charge in [0.15, 0.2) is 18.7 Å². The molecule has 0 aromatic carbocycles. The predicted octanol–water partition coefficient (Wildman–Crippen LogP) is 0.323. The van der Waals surface area contributed by atoms with E-state index in [9.17, 15) is 60.7 Å². The molecule has 3 saturated heterocycles. The van der Waals surface area contributed by atoms with Gasteiger partial charge in [-0.05, 0) is 104 Å². The molecule has 19 heteroatoms. The molecule has 10 N–H and O–H groups in total. The third-order valence-electron chi connectivity index (χ3n) is 19.3. The molecule has 68 heavy (non-hydrogen) atoms. The maximum atomic E-state index is 15.0. The van der Waals surface area contributed by atoms with Gasteiger partial charge in [-0.3, -0.25) is 9.59 Å². The monoisotopic (exact) mass is 971 g/mol. The third kappa shape index (κ3) is 8.41. The van der Waals surface area contributed by atoms with Gasteiger partial charge in [-0.1, -0.05) is 53.2 Å². The number of aliphatic hydroxyl groups is 10. The standard InChI is InChI=1S/C49H78O19/c1-23(52)64-27-20-63-41(37(58)34(27)55)67-31-11-12-45(4)29(46(31,5)22-51)10-13-48(7)30(45)9-8-24-25-18-44(2,3)14-16-49(25,17-15-47(24,48)6)43(61)68-42-39(60)36(57)33(54)28(66-42)21-62-40-38(59)35(56)32(53)26(19-50)65-40/h8,25-42,50-51,53-60H,9-22H2,1-7H3. The van der Waals surface area contributed by atoms with E-state index in [1.807, 2.05) is 6.92 Å². The second-order valence-electron chi connectivity index (χ2n) is 23.5. The fourth-order valence-corrected chi connectivity index (χ4v) is 15.0. The van der Waals surface area contributed by atoms with Crippen LogP contribution in [0, 0.1) is 50.2 Å². The molecule has 7 fully saturated rings. The topological polar surface area (TPSA) is 301 Å². The van der Waals surface area contributed by atoms with Gasteiger partial charge in [-0.15, -0.1) is 0 Å². The fraction of sp³-hybridized carbons (Fsp3) is 0.918. The highest BCUT2D eigenvalue weighted by atomic mass is 16.7. The average Bonchev–Trinajstić information content (AvgIpc) is 3.29. The van der Waals surface area contributed by atoms with Crippen molar-refractivity contribution < 1.29 is 93.8 Å². The summed E-state index contributed by atoms with van der Waals surface area (Å²) in [5.41, 5.74) is -1.35. The number of ether oxygens (including phenoxy) is 7. The van der Waals surface area contributed by atoms with E-state index >= 15 is 0 Å². The van der Waals surface area contributed by atoms with E-state index in [4.69, 9.17) is 33.2 Å². The van der Waals surface area contributed by atoms with Crippen LogP contribution in [0.3, 0.4) is 0 Å². The Morgan fingerprint density at radius 3 is 1.99 bits per heavy atom. The van der Waals surface area contributed by atoms with Crippen LogP contribution in [0.25, 0.3) is 0 Å². The molecular formula is C49H78O19. The Bertz CT molecular complexity index is 1880. The van der Waals surface area contributed by atoms with Gasteiger partial charge >= 0.3 is 11.9 Å². The molecule has 0 aromatic rings. The third-order valence-corrected chi connectivity index (χ3v) is 19.3. The minimum Gasteiger partial charge on any atom is -0.457 e. The summed E-state index contributed by atoms with van der Waals surface area (Å²) in [5, 5.41) is 107. The highest BCUT2D eigenvalue weighted by Gasteiger charge is 2.70. The molecule has 3 aliphatic heterocycles. The van der Waals surface area contributed by atoms with Crippen LogP contribution >= 0.6 is 0 Å². The zero-order valence-corrected chi connectivity index (χ0v) is 40.5. The first kappa shape index (κ1) is 52.4. The number of carbonyl (C=O) groups is 2. The van der Waals surface area contributed by atoms with Crippen molar-refractivity contribution >= 4 is 11.9 Å². The zero-order chi connectivity index (χ0) is 49.7. The number of fused-ring (bicyclic) bond motifs is 7. The van der Waals surface area contributed by atoms with Gasteiger partial charge in [0.05, 0.1) is 37.9 Å². The summed E-state index contributed by atoms with van der Waals surface area (Å²) in [6.07, 6.45) is -12.6. The molecule has 23 atom stereocenters. The molecule has 8 aliphatic rings. The van der Waals surface area contributed by atoms with Crippen LogP contribution in [0.1, 0.15) is 113 Å². The van der Waals surface area contributed by atoms with E-state index < -0.39 is 128 Å². The molecule has 0 radical (unpaired) electrons. The highest BCUT2D eigenvalue weighted by molar-refractivity contribution is 5.79. The summed E-state index contributed by atoms with van der Waals surface area (Å²) in [5.74, 6) is -1.15. The summed E-state index contributed by atoms with van der Waals surface area (Å²) in [6.45, 7) is 13.3. The first-order valence-electron chi connectivity index (χ1n) is 24.8. The van der Waals surface area contributed by atoms with Gasteiger partial charge in [-0.25, -0.2) is 0 Å². The number of rotatable bonds is 10. The lowest BCUT2D eigenvalue weighted by Crippen LogP contribution is -2.67. The molecule has 0 bridgehead atoms. The Balaban J connectivity index is 1.01. The van der Waals surface area contributed by atoms with Crippen LogP contribution in [0.5, 0.6) is 0 Å². The molecule has 19 nitrogen and oxygen atoms in total. The Kier molecular flexibility index (Phi) is 14.5. The average molecular weight is 971 g/mol. The maximum Gasteiger partial charge on any atom is 0.315 e. The number of aliphatic hydroxyl groups excluding tert-OH is 10. The Hall–Kier alpha value is -1.92. The van der Waals surface area contributed by atoms with Gasteiger partial charge in [-0.2, -0.15) is 0 Å². The SMILES string of the molecule is CC(=O)OC1COC(OC2CCC3(C)C(CCC4(C)C3CC=C3C5CC(C)(C)CCC5(C(=O)OC5OC(COC6OC(CO)C(O)C(O)C6O)C(O)C(O)C5O)CCC34C)C2(C)CO)C(O)C1O. The van der Waals surface area contributed by atoms with Gasteiger partial charge in [0.25, 0.3) is 0 Å². The van der Waals surface area contributed by atoms with Crippen molar-refractivity contribution in [3.8, 4) is 0 Å². The van der Waals surface area contributed by atoms with Crippen LogP contribution in [0.4, 0.5) is 0 Å². The Labute approximate surface area is 398 Å². The zero-order valence-electron chi connectivity index (χ0n) is 40.5.